The first-order valence-electron chi connectivity index (χ1n) is 6.17. The molecule has 0 radical (unpaired) electrons. The number of nitrogens with zero attached hydrogens (tertiary/aromatic N) is 5. The Hall–Kier alpha value is -2.02. The molecule has 0 atom stereocenters. The van der Waals surface area contributed by atoms with Gasteiger partial charge in [0.15, 0.2) is 5.82 Å². The third kappa shape index (κ3) is 4.29. The van der Waals surface area contributed by atoms with Crippen molar-refractivity contribution in [3.63, 3.8) is 0 Å². The molecule has 2 heterocycles. The summed E-state index contributed by atoms with van der Waals surface area (Å²) in [7, 11) is 1.64. The van der Waals surface area contributed by atoms with E-state index in [2.05, 4.69) is 25.4 Å². The third-order valence-corrected chi connectivity index (χ3v) is 2.51. The molecular formula is C12H18N6O. The van der Waals surface area contributed by atoms with Gasteiger partial charge in [-0.05, 0) is 13.3 Å². The molecule has 102 valence electrons. The Morgan fingerprint density at radius 3 is 3.00 bits per heavy atom. The van der Waals surface area contributed by atoms with Crippen molar-refractivity contribution in [3.8, 4) is 0 Å². The van der Waals surface area contributed by atoms with Crippen molar-refractivity contribution in [1.29, 1.82) is 0 Å². The Morgan fingerprint density at radius 2 is 2.26 bits per heavy atom. The molecule has 0 aliphatic carbocycles. The molecule has 7 heteroatoms. The number of ether oxygens (including phenoxy) is 1. The first-order chi connectivity index (χ1) is 9.28. The summed E-state index contributed by atoms with van der Waals surface area (Å²) in [5.74, 6) is 1.53. The van der Waals surface area contributed by atoms with Gasteiger partial charge in [0.2, 0.25) is 0 Å². The number of aromatic nitrogens is 5. The molecule has 7 nitrogen and oxygen atoms in total. The second-order valence-electron chi connectivity index (χ2n) is 4.18. The van der Waals surface area contributed by atoms with Crippen LogP contribution in [0.4, 0.5) is 5.82 Å². The molecule has 0 bridgehead atoms. The lowest BCUT2D eigenvalue weighted by atomic mass is 10.4. The lowest BCUT2D eigenvalue weighted by Gasteiger charge is -2.08. The number of hydrogen-bond acceptors (Lipinski definition) is 6. The number of nitrogens with one attached hydrogen (secondary N) is 1. The normalized spacial score (nSPS) is 10.6. The zero-order valence-corrected chi connectivity index (χ0v) is 11.2. The summed E-state index contributed by atoms with van der Waals surface area (Å²) in [6.07, 6.45) is 4.20. The summed E-state index contributed by atoms with van der Waals surface area (Å²) in [6, 6.07) is 1.93. The average molecular weight is 262 g/mol. The van der Waals surface area contributed by atoms with E-state index in [0.29, 0.717) is 12.4 Å². The highest BCUT2D eigenvalue weighted by atomic mass is 16.5. The molecule has 0 unspecified atom stereocenters. The van der Waals surface area contributed by atoms with Crippen LogP contribution in [0.1, 0.15) is 17.9 Å². The Bertz CT molecular complexity index is 499. The van der Waals surface area contributed by atoms with Gasteiger partial charge in [-0.1, -0.05) is 0 Å². The Kier molecular flexibility index (Phi) is 4.79. The van der Waals surface area contributed by atoms with Crippen LogP contribution in [0.25, 0.3) is 0 Å². The van der Waals surface area contributed by atoms with Gasteiger partial charge in [-0.25, -0.2) is 15.0 Å². The van der Waals surface area contributed by atoms with Crippen LogP contribution in [0.3, 0.4) is 0 Å². The predicted octanol–water partition coefficient (Wildman–Crippen LogP) is 1.03. The van der Waals surface area contributed by atoms with Crippen LogP contribution in [-0.4, -0.2) is 38.4 Å². The van der Waals surface area contributed by atoms with E-state index >= 15 is 0 Å². The van der Waals surface area contributed by atoms with Crippen molar-refractivity contribution in [1.82, 2.24) is 24.7 Å². The van der Waals surface area contributed by atoms with E-state index in [-0.39, 0.29) is 0 Å². The molecule has 2 aromatic rings. The third-order valence-electron chi connectivity index (χ3n) is 2.51. The maximum Gasteiger partial charge on any atom is 0.156 e. The van der Waals surface area contributed by atoms with Crippen LogP contribution in [0, 0.1) is 6.92 Å². The topological polar surface area (TPSA) is 77.8 Å². The number of anilines is 1. The van der Waals surface area contributed by atoms with Gasteiger partial charge in [-0.3, -0.25) is 4.68 Å². The van der Waals surface area contributed by atoms with Crippen molar-refractivity contribution in [3.05, 3.63) is 30.2 Å². The molecule has 19 heavy (non-hydrogen) atoms. The molecule has 0 spiro atoms. The second kappa shape index (κ2) is 6.79. The van der Waals surface area contributed by atoms with E-state index < -0.39 is 0 Å². The maximum atomic E-state index is 5.04. The fraction of sp³-hybridized carbons (Fsp3) is 0.500. The van der Waals surface area contributed by atoms with Gasteiger partial charge in [0.25, 0.3) is 0 Å². The molecule has 0 saturated carbocycles. The largest absolute Gasteiger partial charge is 0.377 e. The monoisotopic (exact) mass is 262 g/mol. The standard InChI is InChI=1S/C12H18N6O/c1-10-6-11(17-12(16-10)7-19-2)14-4-3-5-18-9-13-8-15-18/h6,8-9H,3-5,7H2,1-2H3,(H,14,16,17). The smallest absolute Gasteiger partial charge is 0.156 e. The van der Waals surface area contributed by atoms with Gasteiger partial charge in [0, 0.05) is 32.0 Å². The number of aryl methyl sites for hydroxylation is 2. The van der Waals surface area contributed by atoms with E-state index in [0.717, 1.165) is 31.0 Å². The summed E-state index contributed by atoms with van der Waals surface area (Å²) in [5.41, 5.74) is 0.931. The molecule has 0 aliphatic heterocycles. The van der Waals surface area contributed by atoms with Gasteiger partial charge >= 0.3 is 0 Å². The number of rotatable bonds is 7. The van der Waals surface area contributed by atoms with Crippen LogP contribution < -0.4 is 5.32 Å². The Balaban J connectivity index is 1.81. The molecule has 0 fully saturated rings. The zero-order valence-electron chi connectivity index (χ0n) is 11.2. The summed E-state index contributed by atoms with van der Waals surface area (Å²) >= 11 is 0. The molecule has 0 aromatic carbocycles. The Morgan fingerprint density at radius 1 is 1.37 bits per heavy atom. The molecular weight excluding hydrogens is 244 g/mol. The Labute approximate surface area is 112 Å². The zero-order chi connectivity index (χ0) is 13.5. The van der Waals surface area contributed by atoms with E-state index in [1.54, 1.807) is 13.4 Å². The fourth-order valence-electron chi connectivity index (χ4n) is 1.72. The lowest BCUT2D eigenvalue weighted by molar-refractivity contribution is 0.177. The van der Waals surface area contributed by atoms with Crippen LogP contribution in [0.5, 0.6) is 0 Å². The summed E-state index contributed by atoms with van der Waals surface area (Å²) in [6.45, 7) is 4.03. The van der Waals surface area contributed by atoms with Gasteiger partial charge < -0.3 is 10.1 Å². The van der Waals surface area contributed by atoms with Gasteiger partial charge in [-0.15, -0.1) is 0 Å². The lowest BCUT2D eigenvalue weighted by Crippen LogP contribution is -2.10. The van der Waals surface area contributed by atoms with Crippen LogP contribution >= 0.6 is 0 Å². The predicted molar refractivity (Wildman–Crippen MR) is 70.6 cm³/mol. The molecule has 1 N–H and O–H groups in total. The second-order valence-corrected chi connectivity index (χ2v) is 4.18. The average Bonchev–Trinajstić information content (AvgIpc) is 2.87. The molecule has 0 saturated heterocycles. The highest BCUT2D eigenvalue weighted by Crippen LogP contribution is 2.07. The van der Waals surface area contributed by atoms with Crippen molar-refractivity contribution < 1.29 is 4.74 Å². The fourth-order valence-corrected chi connectivity index (χ4v) is 1.72. The van der Waals surface area contributed by atoms with Crippen LogP contribution in [0.15, 0.2) is 18.7 Å². The summed E-state index contributed by atoms with van der Waals surface area (Å²) < 4.78 is 6.85. The highest BCUT2D eigenvalue weighted by molar-refractivity contribution is 5.35. The molecule has 2 rings (SSSR count). The molecule has 0 amide bonds. The van der Waals surface area contributed by atoms with E-state index in [4.69, 9.17) is 4.74 Å². The maximum absolute atomic E-state index is 5.04. The van der Waals surface area contributed by atoms with Crippen molar-refractivity contribution >= 4 is 5.82 Å². The SMILES string of the molecule is COCc1nc(C)cc(NCCCn2cncn2)n1. The quantitative estimate of drug-likeness (QED) is 0.751. The van der Waals surface area contributed by atoms with Crippen LogP contribution in [-0.2, 0) is 17.9 Å². The molecule has 0 aliphatic rings. The highest BCUT2D eigenvalue weighted by Gasteiger charge is 2.01. The summed E-state index contributed by atoms with van der Waals surface area (Å²) in [4.78, 5) is 12.6. The molecule has 2 aromatic heterocycles. The minimum absolute atomic E-state index is 0.426. The van der Waals surface area contributed by atoms with Gasteiger partial charge in [0.1, 0.15) is 25.1 Å². The number of hydrogen-bond donors (Lipinski definition) is 1. The van der Waals surface area contributed by atoms with E-state index in [1.165, 1.54) is 6.33 Å². The van der Waals surface area contributed by atoms with E-state index in [1.807, 2.05) is 17.7 Å². The van der Waals surface area contributed by atoms with Crippen molar-refractivity contribution in [2.75, 3.05) is 19.0 Å². The van der Waals surface area contributed by atoms with Crippen molar-refractivity contribution in [2.45, 2.75) is 26.5 Å². The van der Waals surface area contributed by atoms with Crippen LogP contribution in [0.2, 0.25) is 0 Å². The van der Waals surface area contributed by atoms with Gasteiger partial charge in [0.05, 0.1) is 0 Å². The minimum Gasteiger partial charge on any atom is -0.377 e. The minimum atomic E-state index is 0.426. The van der Waals surface area contributed by atoms with E-state index in [9.17, 15) is 0 Å². The van der Waals surface area contributed by atoms with Crippen molar-refractivity contribution in [2.24, 2.45) is 0 Å². The first-order valence-corrected chi connectivity index (χ1v) is 6.17. The first kappa shape index (κ1) is 13.4. The number of methoxy groups -OCH3 is 1. The van der Waals surface area contributed by atoms with Gasteiger partial charge in [-0.2, -0.15) is 5.10 Å². The summed E-state index contributed by atoms with van der Waals surface area (Å²) in [5, 5.41) is 7.33.